The predicted octanol–water partition coefficient (Wildman–Crippen LogP) is 1.24. The standard InChI is InChI=1S/C15H21N5OS.H2/c1-11-3-5-16-13-12(4-10-21-14(11)13)17-18-15(22)20-8-6-19(2)7-9-20;/h3,5H,4,6-10H2,1-2H3,(H,18,22);1H/b17-12-;. The molecule has 7 heteroatoms. The number of hydrogen-bond acceptors (Lipinski definition) is 5. The van der Waals surface area contributed by atoms with Gasteiger partial charge in [-0.3, -0.25) is 10.4 Å². The molecule has 0 aromatic carbocycles. The van der Waals surface area contributed by atoms with Crippen LogP contribution in [-0.2, 0) is 0 Å². The first kappa shape index (κ1) is 15.2. The van der Waals surface area contributed by atoms with Crippen LogP contribution in [0.15, 0.2) is 17.4 Å². The van der Waals surface area contributed by atoms with Gasteiger partial charge in [-0.25, -0.2) is 0 Å². The molecule has 0 bridgehead atoms. The molecule has 2 aliphatic rings. The fourth-order valence-corrected chi connectivity index (χ4v) is 2.83. The van der Waals surface area contributed by atoms with Gasteiger partial charge in [0.05, 0.1) is 12.3 Å². The van der Waals surface area contributed by atoms with E-state index in [-0.39, 0.29) is 1.43 Å². The average molecular weight is 321 g/mol. The maximum Gasteiger partial charge on any atom is 0.189 e. The summed E-state index contributed by atoms with van der Waals surface area (Å²) in [6.07, 6.45) is 2.53. The summed E-state index contributed by atoms with van der Waals surface area (Å²) >= 11 is 5.44. The minimum absolute atomic E-state index is 0. The quantitative estimate of drug-likeness (QED) is 0.620. The number of hydrogen-bond donors (Lipinski definition) is 1. The number of aryl methyl sites for hydroxylation is 1. The summed E-state index contributed by atoms with van der Waals surface area (Å²) in [7, 11) is 2.13. The zero-order valence-corrected chi connectivity index (χ0v) is 13.8. The van der Waals surface area contributed by atoms with Crippen molar-refractivity contribution in [2.24, 2.45) is 5.10 Å². The van der Waals surface area contributed by atoms with Crippen LogP contribution in [0.2, 0.25) is 0 Å². The molecule has 1 N–H and O–H groups in total. The molecule has 120 valence electrons. The Bertz CT molecular complexity index is 602. The number of likely N-dealkylation sites (N-methyl/N-ethyl adjacent to an activating group) is 1. The highest BCUT2D eigenvalue weighted by Crippen LogP contribution is 2.26. The molecule has 0 radical (unpaired) electrons. The van der Waals surface area contributed by atoms with Crippen molar-refractivity contribution in [3.05, 3.63) is 23.5 Å². The second-order valence-electron chi connectivity index (χ2n) is 5.67. The van der Waals surface area contributed by atoms with Crippen molar-refractivity contribution in [1.82, 2.24) is 20.2 Å². The zero-order chi connectivity index (χ0) is 15.5. The molecular weight excluding hydrogens is 298 g/mol. The summed E-state index contributed by atoms with van der Waals surface area (Å²) in [5.41, 5.74) is 5.83. The normalized spacial score (nSPS) is 20.5. The second kappa shape index (κ2) is 6.58. The van der Waals surface area contributed by atoms with E-state index >= 15 is 0 Å². The fraction of sp³-hybridized carbons (Fsp3) is 0.533. The van der Waals surface area contributed by atoms with Gasteiger partial charge in [-0.15, -0.1) is 0 Å². The molecule has 0 unspecified atom stereocenters. The highest BCUT2D eigenvalue weighted by atomic mass is 32.1. The SMILES string of the molecule is Cc1ccnc2c1OCC/C2=N/NC(=S)N1CCN(C)CC1.[HH]. The lowest BCUT2D eigenvalue weighted by molar-refractivity contribution is 0.214. The minimum atomic E-state index is 0. The van der Waals surface area contributed by atoms with Crippen LogP contribution >= 0.6 is 12.2 Å². The van der Waals surface area contributed by atoms with E-state index in [2.05, 4.69) is 32.4 Å². The summed E-state index contributed by atoms with van der Waals surface area (Å²) in [5, 5.41) is 5.17. The Morgan fingerprint density at radius 2 is 2.18 bits per heavy atom. The van der Waals surface area contributed by atoms with Gasteiger partial charge in [-0.1, -0.05) is 0 Å². The highest BCUT2D eigenvalue weighted by Gasteiger charge is 2.21. The molecule has 3 rings (SSSR count). The number of nitrogens with zero attached hydrogens (tertiary/aromatic N) is 4. The van der Waals surface area contributed by atoms with Gasteiger partial charge in [0.1, 0.15) is 11.4 Å². The first-order valence-corrected chi connectivity index (χ1v) is 7.95. The Labute approximate surface area is 137 Å². The predicted molar refractivity (Wildman–Crippen MR) is 92.5 cm³/mol. The van der Waals surface area contributed by atoms with E-state index in [0.717, 1.165) is 55.3 Å². The maximum atomic E-state index is 5.70. The molecule has 2 aliphatic heterocycles. The largest absolute Gasteiger partial charge is 0.491 e. The van der Waals surface area contributed by atoms with Crippen LogP contribution in [0.25, 0.3) is 0 Å². The van der Waals surface area contributed by atoms with Crippen molar-refractivity contribution < 1.29 is 6.16 Å². The maximum absolute atomic E-state index is 5.70. The summed E-state index contributed by atoms with van der Waals surface area (Å²) < 4.78 is 5.70. The molecule has 22 heavy (non-hydrogen) atoms. The molecule has 3 heterocycles. The second-order valence-corrected chi connectivity index (χ2v) is 6.06. The molecule has 0 aliphatic carbocycles. The molecule has 6 nitrogen and oxygen atoms in total. The Morgan fingerprint density at radius 3 is 2.95 bits per heavy atom. The molecule has 1 fully saturated rings. The van der Waals surface area contributed by atoms with Gasteiger partial charge < -0.3 is 14.5 Å². The van der Waals surface area contributed by atoms with Gasteiger partial charge in [0.15, 0.2) is 5.11 Å². The van der Waals surface area contributed by atoms with Crippen LogP contribution < -0.4 is 10.2 Å². The van der Waals surface area contributed by atoms with E-state index in [0.29, 0.717) is 11.7 Å². The van der Waals surface area contributed by atoms with E-state index in [1.807, 2.05) is 13.0 Å². The van der Waals surface area contributed by atoms with Gasteiger partial charge in [0.25, 0.3) is 0 Å². The molecule has 1 saturated heterocycles. The monoisotopic (exact) mass is 321 g/mol. The summed E-state index contributed by atoms with van der Waals surface area (Å²) in [4.78, 5) is 8.86. The van der Waals surface area contributed by atoms with Crippen LogP contribution in [0.4, 0.5) is 0 Å². The van der Waals surface area contributed by atoms with Crippen molar-refractivity contribution in [2.75, 3.05) is 39.8 Å². The Hall–Kier alpha value is -1.73. The number of rotatable bonds is 1. The summed E-state index contributed by atoms with van der Waals surface area (Å²) in [6, 6.07) is 1.95. The third-order valence-corrected chi connectivity index (χ3v) is 4.39. The van der Waals surface area contributed by atoms with Crippen molar-refractivity contribution in [3.63, 3.8) is 0 Å². The Balaban J connectivity index is 0.00000192. The lowest BCUT2D eigenvalue weighted by atomic mass is 10.1. The minimum Gasteiger partial charge on any atom is -0.491 e. The van der Waals surface area contributed by atoms with E-state index in [4.69, 9.17) is 17.0 Å². The fourth-order valence-electron chi connectivity index (χ4n) is 2.61. The highest BCUT2D eigenvalue weighted by molar-refractivity contribution is 7.80. The topological polar surface area (TPSA) is 53.0 Å². The van der Waals surface area contributed by atoms with E-state index in [1.165, 1.54) is 0 Å². The number of aromatic nitrogens is 1. The van der Waals surface area contributed by atoms with Crippen LogP contribution in [0.5, 0.6) is 5.75 Å². The van der Waals surface area contributed by atoms with Crippen LogP contribution in [0.3, 0.4) is 0 Å². The van der Waals surface area contributed by atoms with E-state index in [9.17, 15) is 0 Å². The van der Waals surface area contributed by atoms with Crippen molar-refractivity contribution >= 4 is 23.0 Å². The van der Waals surface area contributed by atoms with Crippen LogP contribution in [0.1, 0.15) is 19.1 Å². The van der Waals surface area contributed by atoms with Gasteiger partial charge in [-0.05, 0) is 37.8 Å². The Kier molecular flexibility index (Phi) is 4.54. The van der Waals surface area contributed by atoms with Gasteiger partial charge in [0, 0.05) is 40.2 Å². The number of fused-ring (bicyclic) bond motifs is 1. The van der Waals surface area contributed by atoms with Crippen molar-refractivity contribution in [1.29, 1.82) is 0 Å². The first-order valence-electron chi connectivity index (χ1n) is 7.54. The van der Waals surface area contributed by atoms with Gasteiger partial charge in [-0.2, -0.15) is 5.10 Å². The average Bonchev–Trinajstić information content (AvgIpc) is 2.54. The van der Waals surface area contributed by atoms with E-state index in [1.54, 1.807) is 6.20 Å². The lowest BCUT2D eigenvalue weighted by Gasteiger charge is -2.33. The first-order chi connectivity index (χ1) is 10.6. The third-order valence-electron chi connectivity index (χ3n) is 4.04. The molecule has 0 amide bonds. The molecule has 1 aromatic rings. The van der Waals surface area contributed by atoms with E-state index < -0.39 is 0 Å². The molecule has 0 saturated carbocycles. The van der Waals surface area contributed by atoms with Gasteiger partial charge in [0.2, 0.25) is 0 Å². The summed E-state index contributed by atoms with van der Waals surface area (Å²) in [5.74, 6) is 0.833. The van der Waals surface area contributed by atoms with Crippen molar-refractivity contribution in [3.8, 4) is 5.75 Å². The smallest absolute Gasteiger partial charge is 0.189 e. The van der Waals surface area contributed by atoms with Crippen molar-refractivity contribution in [2.45, 2.75) is 13.3 Å². The number of piperazine rings is 1. The molecular formula is C15H23N5OS. The molecule has 0 atom stereocenters. The lowest BCUT2D eigenvalue weighted by Crippen LogP contribution is -2.49. The molecule has 1 aromatic heterocycles. The Morgan fingerprint density at radius 1 is 1.41 bits per heavy atom. The number of nitrogens with one attached hydrogen (secondary N) is 1. The third kappa shape index (κ3) is 3.20. The van der Waals surface area contributed by atoms with Crippen LogP contribution in [0, 0.1) is 6.92 Å². The zero-order valence-electron chi connectivity index (χ0n) is 13.0. The number of pyridine rings is 1. The van der Waals surface area contributed by atoms with Crippen LogP contribution in [-0.4, -0.2) is 65.4 Å². The number of ether oxygens (including phenoxy) is 1. The molecule has 0 spiro atoms. The summed E-state index contributed by atoms with van der Waals surface area (Å²) in [6.45, 7) is 6.56. The number of hydrazone groups is 1. The number of thiocarbonyl (C=S) groups is 1. The van der Waals surface area contributed by atoms with Gasteiger partial charge >= 0.3 is 0 Å².